The normalized spacial score (nSPS) is 15.4. The van der Waals surface area contributed by atoms with Gasteiger partial charge in [0.25, 0.3) is 0 Å². The number of piperidine rings is 1. The Hall–Kier alpha value is -2.96. The van der Waals surface area contributed by atoms with Gasteiger partial charge < -0.3 is 14.0 Å². The fraction of sp³-hybridized carbons (Fsp3) is 0.333. The van der Waals surface area contributed by atoms with Gasteiger partial charge in [0.1, 0.15) is 12.3 Å². The molecule has 1 aliphatic heterocycles. The first kappa shape index (κ1) is 15.6. The lowest BCUT2D eigenvalue weighted by Crippen LogP contribution is -2.37. The molecule has 0 radical (unpaired) electrons. The molecule has 25 heavy (non-hydrogen) atoms. The Morgan fingerprint density at radius 1 is 1.16 bits per heavy atom. The number of imidazole rings is 1. The highest BCUT2D eigenvalue weighted by atomic mass is 16.5. The van der Waals surface area contributed by atoms with Crippen molar-refractivity contribution in [1.82, 2.24) is 19.4 Å². The number of rotatable bonds is 4. The number of nitrogens with zero attached hydrogens (tertiary/aromatic N) is 5. The zero-order valence-corrected chi connectivity index (χ0v) is 13.8. The molecule has 4 heterocycles. The Bertz CT molecular complexity index is 823. The quantitative estimate of drug-likeness (QED) is 0.679. The van der Waals surface area contributed by atoms with Crippen molar-refractivity contribution in [2.75, 3.05) is 18.0 Å². The fourth-order valence-electron chi connectivity index (χ4n) is 3.09. The summed E-state index contributed by atoms with van der Waals surface area (Å²) in [5, 5.41) is 0. The van der Waals surface area contributed by atoms with E-state index < -0.39 is 0 Å². The van der Waals surface area contributed by atoms with Crippen molar-refractivity contribution in [3.8, 4) is 0 Å². The minimum Gasteiger partial charge on any atom is -0.459 e. The van der Waals surface area contributed by atoms with Crippen LogP contribution in [0.1, 0.15) is 18.5 Å². The van der Waals surface area contributed by atoms with Crippen molar-refractivity contribution in [1.29, 1.82) is 0 Å². The maximum atomic E-state index is 12.3. The number of aromatic nitrogens is 4. The molecule has 1 saturated heterocycles. The molecule has 128 valence electrons. The van der Waals surface area contributed by atoms with Crippen LogP contribution >= 0.6 is 0 Å². The highest BCUT2D eigenvalue weighted by Gasteiger charge is 2.27. The van der Waals surface area contributed by atoms with Crippen LogP contribution in [0.4, 0.5) is 5.95 Å². The van der Waals surface area contributed by atoms with E-state index in [1.807, 2.05) is 35.0 Å². The molecule has 0 bridgehead atoms. The van der Waals surface area contributed by atoms with Crippen molar-refractivity contribution < 1.29 is 9.53 Å². The van der Waals surface area contributed by atoms with Gasteiger partial charge in [0.2, 0.25) is 5.95 Å². The highest BCUT2D eigenvalue weighted by Crippen LogP contribution is 2.21. The van der Waals surface area contributed by atoms with E-state index in [1.165, 1.54) is 0 Å². The lowest BCUT2D eigenvalue weighted by molar-refractivity contribution is -0.150. The molecule has 4 rings (SSSR count). The molecule has 0 N–H and O–H groups in total. The maximum Gasteiger partial charge on any atom is 0.309 e. The summed E-state index contributed by atoms with van der Waals surface area (Å²) in [5.74, 6) is 0.502. The second-order valence-corrected chi connectivity index (χ2v) is 6.12. The molecule has 0 aliphatic carbocycles. The van der Waals surface area contributed by atoms with Crippen molar-refractivity contribution in [2.45, 2.75) is 19.4 Å². The van der Waals surface area contributed by atoms with Gasteiger partial charge in [-0.2, -0.15) is 0 Å². The Balaban J connectivity index is 1.30. The fourth-order valence-corrected chi connectivity index (χ4v) is 3.09. The third-order valence-electron chi connectivity index (χ3n) is 4.44. The van der Waals surface area contributed by atoms with Crippen molar-refractivity contribution in [3.63, 3.8) is 0 Å². The molecular weight excluding hydrogens is 318 g/mol. The van der Waals surface area contributed by atoms with Crippen LogP contribution in [-0.4, -0.2) is 38.4 Å². The number of carbonyl (C=O) groups excluding carboxylic acids is 1. The summed E-state index contributed by atoms with van der Waals surface area (Å²) in [6.07, 6.45) is 8.78. The summed E-state index contributed by atoms with van der Waals surface area (Å²) in [6.45, 7) is 1.73. The molecule has 3 aromatic heterocycles. The molecule has 3 aromatic rings. The van der Waals surface area contributed by atoms with Crippen LogP contribution in [0.15, 0.2) is 49.1 Å². The molecule has 0 atom stereocenters. The van der Waals surface area contributed by atoms with Gasteiger partial charge in [-0.05, 0) is 31.0 Å². The van der Waals surface area contributed by atoms with E-state index in [-0.39, 0.29) is 18.5 Å². The standard InChI is InChI=1S/C18H19N5O2/c24-17(25-13-15-12-23-9-2-1-4-16(23)21-15)14-5-10-22(11-6-14)18-19-7-3-8-20-18/h1-4,7-9,12,14H,5-6,10-11,13H2. The summed E-state index contributed by atoms with van der Waals surface area (Å²) in [7, 11) is 0. The Morgan fingerprint density at radius 3 is 2.72 bits per heavy atom. The van der Waals surface area contributed by atoms with E-state index >= 15 is 0 Å². The molecule has 0 unspecified atom stereocenters. The third kappa shape index (κ3) is 3.45. The van der Waals surface area contributed by atoms with Crippen LogP contribution < -0.4 is 4.90 Å². The largest absolute Gasteiger partial charge is 0.459 e. The first-order chi connectivity index (χ1) is 12.3. The lowest BCUT2D eigenvalue weighted by atomic mass is 9.97. The Labute approximate surface area is 145 Å². The maximum absolute atomic E-state index is 12.3. The molecule has 0 amide bonds. The van der Waals surface area contributed by atoms with Crippen LogP contribution in [0.25, 0.3) is 5.65 Å². The van der Waals surface area contributed by atoms with Crippen molar-refractivity contribution >= 4 is 17.6 Å². The van der Waals surface area contributed by atoms with Crippen LogP contribution in [-0.2, 0) is 16.1 Å². The average molecular weight is 337 g/mol. The number of anilines is 1. The molecule has 7 nitrogen and oxygen atoms in total. The first-order valence-electron chi connectivity index (χ1n) is 8.41. The number of hydrogen-bond acceptors (Lipinski definition) is 6. The minimum absolute atomic E-state index is 0.0722. The van der Waals surface area contributed by atoms with E-state index in [1.54, 1.807) is 18.5 Å². The second-order valence-electron chi connectivity index (χ2n) is 6.12. The van der Waals surface area contributed by atoms with E-state index in [4.69, 9.17) is 4.74 Å². The number of ether oxygens (including phenoxy) is 1. The van der Waals surface area contributed by atoms with Gasteiger partial charge in [-0.1, -0.05) is 6.07 Å². The number of hydrogen-bond donors (Lipinski definition) is 0. The smallest absolute Gasteiger partial charge is 0.309 e. The van der Waals surface area contributed by atoms with Crippen molar-refractivity contribution in [2.24, 2.45) is 5.92 Å². The zero-order valence-electron chi connectivity index (χ0n) is 13.8. The molecule has 0 saturated carbocycles. The third-order valence-corrected chi connectivity index (χ3v) is 4.44. The van der Waals surface area contributed by atoms with Gasteiger partial charge in [0, 0.05) is 37.9 Å². The lowest BCUT2D eigenvalue weighted by Gasteiger charge is -2.30. The highest BCUT2D eigenvalue weighted by molar-refractivity contribution is 5.72. The van der Waals surface area contributed by atoms with Gasteiger partial charge in [-0.25, -0.2) is 15.0 Å². The van der Waals surface area contributed by atoms with Gasteiger partial charge in [-0.3, -0.25) is 4.79 Å². The number of carbonyl (C=O) groups is 1. The summed E-state index contributed by atoms with van der Waals surface area (Å²) in [6, 6.07) is 7.59. The predicted octanol–water partition coefficient (Wildman–Crippen LogP) is 2.08. The number of fused-ring (bicyclic) bond motifs is 1. The monoisotopic (exact) mass is 337 g/mol. The van der Waals surface area contributed by atoms with Crippen LogP contribution in [0.3, 0.4) is 0 Å². The first-order valence-corrected chi connectivity index (χ1v) is 8.41. The van der Waals surface area contributed by atoms with Gasteiger partial charge in [-0.15, -0.1) is 0 Å². The van der Waals surface area contributed by atoms with Gasteiger partial charge >= 0.3 is 5.97 Å². The molecule has 0 spiro atoms. The summed E-state index contributed by atoms with van der Waals surface area (Å²) >= 11 is 0. The summed E-state index contributed by atoms with van der Waals surface area (Å²) in [4.78, 5) is 27.4. The molecular formula is C18H19N5O2. The predicted molar refractivity (Wildman–Crippen MR) is 92.0 cm³/mol. The van der Waals surface area contributed by atoms with E-state index in [9.17, 15) is 4.79 Å². The summed E-state index contributed by atoms with van der Waals surface area (Å²) in [5.41, 5.74) is 1.61. The van der Waals surface area contributed by atoms with E-state index in [0.717, 1.165) is 43.2 Å². The minimum atomic E-state index is -0.148. The Kier molecular flexibility index (Phi) is 4.28. The number of pyridine rings is 1. The summed E-state index contributed by atoms with van der Waals surface area (Å²) < 4.78 is 7.39. The number of esters is 1. The average Bonchev–Trinajstić information content (AvgIpc) is 3.10. The van der Waals surface area contributed by atoms with Crippen molar-refractivity contribution in [3.05, 3.63) is 54.7 Å². The molecule has 7 heteroatoms. The van der Waals surface area contributed by atoms with E-state index in [0.29, 0.717) is 0 Å². The SMILES string of the molecule is O=C(OCc1cn2ccccc2n1)C1CCN(c2ncccn2)CC1. The molecule has 0 aromatic carbocycles. The van der Waals surface area contributed by atoms with Gasteiger partial charge in [0.15, 0.2) is 0 Å². The van der Waals surface area contributed by atoms with Crippen LogP contribution in [0.2, 0.25) is 0 Å². The molecule has 1 aliphatic rings. The topological polar surface area (TPSA) is 72.6 Å². The van der Waals surface area contributed by atoms with E-state index in [2.05, 4.69) is 19.9 Å². The molecule has 1 fully saturated rings. The Morgan fingerprint density at radius 2 is 1.96 bits per heavy atom. The van der Waals surface area contributed by atoms with Crippen LogP contribution in [0.5, 0.6) is 0 Å². The second kappa shape index (κ2) is 6.88. The van der Waals surface area contributed by atoms with Crippen LogP contribution in [0, 0.1) is 5.92 Å². The zero-order chi connectivity index (χ0) is 17.1. The van der Waals surface area contributed by atoms with Gasteiger partial charge in [0.05, 0.1) is 11.6 Å².